The second-order valence-corrected chi connectivity index (χ2v) is 6.43. The van der Waals surface area contributed by atoms with Crippen LogP contribution in [0.15, 0.2) is 97.1 Å². The molecule has 4 aromatic rings. The fraction of sp³-hybridized carbons (Fsp3) is 0. The highest BCUT2D eigenvalue weighted by atomic mass is 19.1. The Morgan fingerprint density at radius 1 is 0.594 bits per heavy atom. The maximum Gasteiger partial charge on any atom is 0.269 e. The van der Waals surface area contributed by atoms with Crippen LogP contribution in [0.4, 0.5) is 20.2 Å². The van der Waals surface area contributed by atoms with Crippen molar-refractivity contribution in [2.24, 2.45) is 0 Å². The molecule has 0 bridgehead atoms. The normalized spacial score (nSPS) is 9.94. The molecule has 4 aromatic carbocycles. The number of hydrogen-bond acceptors (Lipinski definition) is 5. The molecular formula is C24H18F2N2O4. The lowest BCUT2D eigenvalue weighted by molar-refractivity contribution is -0.384. The van der Waals surface area contributed by atoms with Gasteiger partial charge in [-0.3, -0.25) is 10.1 Å². The van der Waals surface area contributed by atoms with Gasteiger partial charge in [0.15, 0.2) is 0 Å². The Bertz CT molecular complexity index is 1110. The molecule has 0 amide bonds. The number of nitrogens with two attached hydrogens (primary N) is 1. The summed E-state index contributed by atoms with van der Waals surface area (Å²) in [5.74, 6) is 1.58. The SMILES string of the molecule is Nc1ccc(Oc2ccc(F)cc2)cc1.O=[N+]([O-])c1ccc(Oc2ccc(F)cc2)cc1. The largest absolute Gasteiger partial charge is 0.457 e. The number of nitro benzene ring substituents is 1. The fourth-order valence-electron chi connectivity index (χ4n) is 2.45. The maximum absolute atomic E-state index is 12.6. The number of rotatable bonds is 5. The van der Waals surface area contributed by atoms with Crippen molar-refractivity contribution in [3.8, 4) is 23.0 Å². The fourth-order valence-corrected chi connectivity index (χ4v) is 2.45. The second-order valence-electron chi connectivity index (χ2n) is 6.43. The summed E-state index contributed by atoms with van der Waals surface area (Å²) in [4.78, 5) is 9.95. The number of halogens is 2. The second kappa shape index (κ2) is 10.5. The van der Waals surface area contributed by atoms with E-state index < -0.39 is 4.92 Å². The van der Waals surface area contributed by atoms with E-state index in [0.29, 0.717) is 28.7 Å². The molecule has 6 nitrogen and oxygen atoms in total. The number of nitrogens with zero attached hydrogens (tertiary/aromatic N) is 1. The van der Waals surface area contributed by atoms with Crippen molar-refractivity contribution in [1.82, 2.24) is 0 Å². The van der Waals surface area contributed by atoms with Crippen LogP contribution in [0.3, 0.4) is 0 Å². The molecule has 0 fully saturated rings. The summed E-state index contributed by atoms with van der Waals surface area (Å²) in [6.45, 7) is 0. The minimum atomic E-state index is -0.484. The van der Waals surface area contributed by atoms with Crippen molar-refractivity contribution < 1.29 is 23.2 Å². The van der Waals surface area contributed by atoms with Crippen LogP contribution in [0.2, 0.25) is 0 Å². The highest BCUT2D eigenvalue weighted by Gasteiger charge is 2.05. The Hall–Kier alpha value is -4.46. The van der Waals surface area contributed by atoms with Gasteiger partial charge in [0.05, 0.1) is 4.92 Å². The molecule has 0 aliphatic carbocycles. The molecule has 0 aliphatic rings. The molecule has 32 heavy (non-hydrogen) atoms. The maximum atomic E-state index is 12.6. The molecule has 0 unspecified atom stereocenters. The average Bonchev–Trinajstić information content (AvgIpc) is 2.79. The van der Waals surface area contributed by atoms with Gasteiger partial charge in [-0.1, -0.05) is 0 Å². The van der Waals surface area contributed by atoms with E-state index >= 15 is 0 Å². The summed E-state index contributed by atoms with van der Waals surface area (Å²) in [6, 6.07) is 24.1. The van der Waals surface area contributed by atoms with Crippen LogP contribution in [0.1, 0.15) is 0 Å². The molecule has 0 atom stereocenters. The number of ether oxygens (including phenoxy) is 2. The van der Waals surface area contributed by atoms with E-state index in [1.807, 2.05) is 0 Å². The van der Waals surface area contributed by atoms with Crippen molar-refractivity contribution in [2.45, 2.75) is 0 Å². The lowest BCUT2D eigenvalue weighted by atomic mass is 10.3. The summed E-state index contributed by atoms with van der Waals surface area (Å²) in [7, 11) is 0. The van der Waals surface area contributed by atoms with Gasteiger partial charge < -0.3 is 15.2 Å². The minimum Gasteiger partial charge on any atom is -0.457 e. The van der Waals surface area contributed by atoms with Crippen molar-refractivity contribution in [1.29, 1.82) is 0 Å². The van der Waals surface area contributed by atoms with Crippen LogP contribution in [-0.2, 0) is 0 Å². The van der Waals surface area contributed by atoms with Crippen LogP contribution in [-0.4, -0.2) is 4.92 Å². The van der Waals surface area contributed by atoms with Gasteiger partial charge in [-0.25, -0.2) is 8.78 Å². The Morgan fingerprint density at radius 2 is 0.906 bits per heavy atom. The highest BCUT2D eigenvalue weighted by Crippen LogP contribution is 2.24. The van der Waals surface area contributed by atoms with E-state index in [2.05, 4.69) is 0 Å². The van der Waals surface area contributed by atoms with Gasteiger partial charge in [-0.15, -0.1) is 0 Å². The third kappa shape index (κ3) is 6.81. The van der Waals surface area contributed by atoms with Gasteiger partial charge in [0.25, 0.3) is 5.69 Å². The quantitative estimate of drug-likeness (QED) is 0.213. The Morgan fingerprint density at radius 3 is 1.25 bits per heavy atom. The third-order valence-electron chi connectivity index (χ3n) is 4.03. The topological polar surface area (TPSA) is 87.6 Å². The number of nitrogen functional groups attached to an aromatic ring is 1. The van der Waals surface area contributed by atoms with Crippen LogP contribution in [0, 0.1) is 21.7 Å². The summed E-state index contributed by atoms with van der Waals surface area (Å²) >= 11 is 0. The zero-order chi connectivity index (χ0) is 22.9. The first-order chi connectivity index (χ1) is 15.4. The lowest BCUT2D eigenvalue weighted by Gasteiger charge is -2.05. The molecule has 0 aromatic heterocycles. The van der Waals surface area contributed by atoms with E-state index in [0.717, 1.165) is 0 Å². The van der Waals surface area contributed by atoms with E-state index in [1.165, 1.54) is 60.7 Å². The minimum absolute atomic E-state index is 0.00328. The number of benzene rings is 4. The average molecular weight is 436 g/mol. The molecular weight excluding hydrogens is 418 g/mol. The standard InChI is InChI=1S/C12H8FNO3.C12H10FNO/c13-9-1-5-11(6-2-9)17-12-7-3-10(4-8-12)14(15)16;13-9-1-5-11(6-2-9)15-12-7-3-10(14)4-8-12/h1-8H;1-8H,14H2. The third-order valence-corrected chi connectivity index (χ3v) is 4.03. The number of non-ortho nitro benzene ring substituents is 1. The van der Waals surface area contributed by atoms with E-state index in [9.17, 15) is 18.9 Å². The molecule has 0 saturated carbocycles. The first-order valence-electron chi connectivity index (χ1n) is 9.36. The predicted octanol–water partition coefficient (Wildman–Crippen LogP) is 6.73. The summed E-state index contributed by atoms with van der Waals surface area (Å²) < 4.78 is 36.1. The van der Waals surface area contributed by atoms with Crippen molar-refractivity contribution in [3.05, 3.63) is 119 Å². The number of nitro groups is 1. The van der Waals surface area contributed by atoms with Gasteiger partial charge in [0.1, 0.15) is 34.6 Å². The summed E-state index contributed by atoms with van der Waals surface area (Å²) in [6.07, 6.45) is 0. The monoisotopic (exact) mass is 436 g/mol. The molecule has 0 aliphatic heterocycles. The number of hydrogen-bond donors (Lipinski definition) is 1. The zero-order valence-corrected chi connectivity index (χ0v) is 16.7. The molecule has 8 heteroatoms. The van der Waals surface area contributed by atoms with Crippen LogP contribution in [0.25, 0.3) is 0 Å². The van der Waals surface area contributed by atoms with Gasteiger partial charge in [-0.05, 0) is 84.9 Å². The zero-order valence-electron chi connectivity index (χ0n) is 16.7. The lowest BCUT2D eigenvalue weighted by Crippen LogP contribution is -1.88. The molecule has 162 valence electrons. The molecule has 2 N–H and O–H groups in total. The van der Waals surface area contributed by atoms with Crippen LogP contribution < -0.4 is 15.2 Å². The smallest absolute Gasteiger partial charge is 0.269 e. The van der Waals surface area contributed by atoms with Crippen molar-refractivity contribution >= 4 is 11.4 Å². The molecule has 0 saturated heterocycles. The molecule has 0 heterocycles. The first-order valence-corrected chi connectivity index (χ1v) is 9.36. The van der Waals surface area contributed by atoms with Crippen molar-refractivity contribution in [2.75, 3.05) is 5.73 Å². The van der Waals surface area contributed by atoms with E-state index in [1.54, 1.807) is 36.4 Å². The summed E-state index contributed by atoms with van der Waals surface area (Å²) in [5, 5.41) is 10.4. The molecule has 0 spiro atoms. The first kappa shape index (κ1) is 22.2. The molecule has 4 rings (SSSR count). The Labute approximate surface area is 182 Å². The Kier molecular flexibility index (Phi) is 7.32. The van der Waals surface area contributed by atoms with Gasteiger partial charge in [0.2, 0.25) is 0 Å². The van der Waals surface area contributed by atoms with Gasteiger partial charge >= 0.3 is 0 Å². The Balaban J connectivity index is 0.000000182. The van der Waals surface area contributed by atoms with E-state index in [4.69, 9.17) is 15.2 Å². The van der Waals surface area contributed by atoms with Gasteiger partial charge in [-0.2, -0.15) is 0 Å². The highest BCUT2D eigenvalue weighted by molar-refractivity contribution is 5.43. The summed E-state index contributed by atoms with van der Waals surface area (Å²) in [5.41, 5.74) is 6.21. The molecule has 0 radical (unpaired) electrons. The van der Waals surface area contributed by atoms with E-state index in [-0.39, 0.29) is 17.3 Å². The van der Waals surface area contributed by atoms with Gasteiger partial charge in [0, 0.05) is 17.8 Å². The van der Waals surface area contributed by atoms with Crippen LogP contribution >= 0.6 is 0 Å². The van der Waals surface area contributed by atoms with Crippen molar-refractivity contribution in [3.63, 3.8) is 0 Å². The van der Waals surface area contributed by atoms with Crippen LogP contribution in [0.5, 0.6) is 23.0 Å². The predicted molar refractivity (Wildman–Crippen MR) is 117 cm³/mol. The number of anilines is 1.